The highest BCUT2D eigenvalue weighted by Crippen LogP contribution is 2.28. The Morgan fingerprint density at radius 1 is 1.57 bits per heavy atom. The Balaban J connectivity index is 2.12. The Bertz CT molecular complexity index is 239. The fourth-order valence-electron chi connectivity index (χ4n) is 1.44. The van der Waals surface area contributed by atoms with Crippen molar-refractivity contribution in [2.45, 2.75) is 31.2 Å². The first-order chi connectivity index (χ1) is 6.54. The quantitative estimate of drug-likeness (QED) is 0.625. The molecule has 0 aromatic carbocycles. The summed E-state index contributed by atoms with van der Waals surface area (Å²) in [4.78, 5) is 11.5. The van der Waals surface area contributed by atoms with Crippen molar-refractivity contribution in [2.24, 2.45) is 5.73 Å². The summed E-state index contributed by atoms with van der Waals surface area (Å²) < 4.78 is 10.7. The predicted molar refractivity (Wildman–Crippen MR) is 57.3 cm³/mol. The molecule has 1 fully saturated rings. The highest BCUT2D eigenvalue weighted by Gasteiger charge is 2.39. The van der Waals surface area contributed by atoms with E-state index in [2.05, 4.69) is 5.32 Å². The molecule has 4 nitrogen and oxygen atoms in total. The molecule has 14 heavy (non-hydrogen) atoms. The topological polar surface area (TPSA) is 72.2 Å². The molecule has 1 rings (SSSR count). The molecule has 0 spiro atoms. The molecular formula is C9H18N2O2S. The minimum Gasteiger partial charge on any atom is -0.354 e. The van der Waals surface area contributed by atoms with Crippen LogP contribution in [0.5, 0.6) is 0 Å². The van der Waals surface area contributed by atoms with Crippen molar-refractivity contribution < 1.29 is 9.00 Å². The number of hydrogen-bond donors (Lipinski definition) is 2. The van der Waals surface area contributed by atoms with Gasteiger partial charge in [-0.2, -0.15) is 0 Å². The fourth-order valence-corrected chi connectivity index (χ4v) is 1.99. The molecule has 0 radical (unpaired) electrons. The largest absolute Gasteiger partial charge is 0.354 e. The van der Waals surface area contributed by atoms with Crippen LogP contribution in [0, 0.1) is 0 Å². The normalized spacial score (nSPS) is 21.0. The van der Waals surface area contributed by atoms with E-state index >= 15 is 0 Å². The lowest BCUT2D eigenvalue weighted by Crippen LogP contribution is -2.58. The molecule has 1 aliphatic rings. The van der Waals surface area contributed by atoms with E-state index in [9.17, 15) is 9.00 Å². The van der Waals surface area contributed by atoms with E-state index in [-0.39, 0.29) is 5.91 Å². The van der Waals surface area contributed by atoms with Gasteiger partial charge in [0.2, 0.25) is 5.91 Å². The van der Waals surface area contributed by atoms with Crippen LogP contribution in [-0.2, 0) is 15.6 Å². The van der Waals surface area contributed by atoms with Crippen LogP contribution in [0.15, 0.2) is 0 Å². The average Bonchev–Trinajstić information content (AvgIpc) is 2.07. The van der Waals surface area contributed by atoms with Crippen LogP contribution in [0.2, 0.25) is 0 Å². The molecule has 1 aliphatic carbocycles. The van der Waals surface area contributed by atoms with Crippen molar-refractivity contribution in [3.8, 4) is 0 Å². The van der Waals surface area contributed by atoms with Gasteiger partial charge in [-0.05, 0) is 25.7 Å². The number of nitrogens with two attached hydrogens (primary N) is 1. The monoisotopic (exact) mass is 218 g/mol. The van der Waals surface area contributed by atoms with Crippen molar-refractivity contribution in [1.29, 1.82) is 0 Å². The second-order valence-electron chi connectivity index (χ2n) is 3.90. The van der Waals surface area contributed by atoms with E-state index < -0.39 is 16.3 Å². The molecule has 5 heteroatoms. The highest BCUT2D eigenvalue weighted by molar-refractivity contribution is 7.84. The molecule has 0 bridgehead atoms. The lowest BCUT2D eigenvalue weighted by atomic mass is 9.77. The molecule has 0 aromatic rings. The maximum absolute atomic E-state index is 11.5. The summed E-state index contributed by atoms with van der Waals surface area (Å²) in [6, 6.07) is 0. The van der Waals surface area contributed by atoms with Crippen LogP contribution in [-0.4, -0.2) is 34.2 Å². The predicted octanol–water partition coefficient (Wildman–Crippen LogP) is -0.247. The van der Waals surface area contributed by atoms with Gasteiger partial charge in [-0.25, -0.2) is 0 Å². The van der Waals surface area contributed by atoms with Crippen LogP contribution in [0.3, 0.4) is 0 Å². The SMILES string of the molecule is CS(=O)CCCNC(=O)C1(N)CCC1. The zero-order chi connectivity index (χ0) is 10.6. The van der Waals surface area contributed by atoms with E-state index in [1.165, 1.54) is 0 Å². The van der Waals surface area contributed by atoms with Crippen molar-refractivity contribution in [2.75, 3.05) is 18.6 Å². The van der Waals surface area contributed by atoms with E-state index in [1.54, 1.807) is 6.26 Å². The number of amides is 1. The third-order valence-corrected chi connectivity index (χ3v) is 3.46. The lowest BCUT2D eigenvalue weighted by Gasteiger charge is -2.36. The van der Waals surface area contributed by atoms with Gasteiger partial charge in [0, 0.05) is 29.4 Å². The van der Waals surface area contributed by atoms with E-state index in [0.717, 1.165) is 25.7 Å². The second kappa shape index (κ2) is 4.89. The van der Waals surface area contributed by atoms with E-state index in [1.807, 2.05) is 0 Å². The van der Waals surface area contributed by atoms with Crippen molar-refractivity contribution in [3.63, 3.8) is 0 Å². The van der Waals surface area contributed by atoms with Gasteiger partial charge in [0.25, 0.3) is 0 Å². The number of carbonyl (C=O) groups excluding carboxylic acids is 1. The van der Waals surface area contributed by atoms with Gasteiger partial charge in [0.15, 0.2) is 0 Å². The molecule has 1 atom stereocenters. The summed E-state index contributed by atoms with van der Waals surface area (Å²) in [5.41, 5.74) is 5.21. The standard InChI is InChI=1S/C9H18N2O2S/c1-14(13)7-3-6-11-8(12)9(10)4-2-5-9/h2-7,10H2,1H3,(H,11,12). The Kier molecular flexibility index (Phi) is 4.07. The van der Waals surface area contributed by atoms with Crippen LogP contribution < -0.4 is 11.1 Å². The maximum Gasteiger partial charge on any atom is 0.240 e. The van der Waals surface area contributed by atoms with Crippen LogP contribution in [0.1, 0.15) is 25.7 Å². The summed E-state index contributed by atoms with van der Waals surface area (Å²) in [6.07, 6.45) is 5.04. The van der Waals surface area contributed by atoms with Crippen molar-refractivity contribution in [1.82, 2.24) is 5.32 Å². The Morgan fingerprint density at radius 3 is 2.64 bits per heavy atom. The minimum atomic E-state index is -0.772. The smallest absolute Gasteiger partial charge is 0.240 e. The lowest BCUT2D eigenvalue weighted by molar-refractivity contribution is -0.129. The number of nitrogens with one attached hydrogen (secondary N) is 1. The zero-order valence-electron chi connectivity index (χ0n) is 8.54. The Morgan fingerprint density at radius 2 is 2.21 bits per heavy atom. The van der Waals surface area contributed by atoms with Gasteiger partial charge < -0.3 is 11.1 Å². The molecule has 0 saturated heterocycles. The molecule has 3 N–H and O–H groups in total. The van der Waals surface area contributed by atoms with Gasteiger partial charge in [-0.15, -0.1) is 0 Å². The molecule has 1 saturated carbocycles. The van der Waals surface area contributed by atoms with Gasteiger partial charge in [0.05, 0.1) is 5.54 Å². The average molecular weight is 218 g/mol. The summed E-state index contributed by atoms with van der Waals surface area (Å²) in [7, 11) is -0.772. The van der Waals surface area contributed by atoms with Crippen LogP contribution in [0.25, 0.3) is 0 Å². The third-order valence-electron chi connectivity index (χ3n) is 2.59. The molecule has 0 aromatic heterocycles. The first-order valence-corrected chi connectivity index (χ1v) is 6.64. The second-order valence-corrected chi connectivity index (χ2v) is 5.45. The van der Waals surface area contributed by atoms with Crippen molar-refractivity contribution in [3.05, 3.63) is 0 Å². The summed E-state index contributed by atoms with van der Waals surface area (Å²) in [5, 5.41) is 2.78. The number of hydrogen-bond acceptors (Lipinski definition) is 3. The van der Waals surface area contributed by atoms with Gasteiger partial charge in [0.1, 0.15) is 0 Å². The zero-order valence-corrected chi connectivity index (χ0v) is 9.36. The van der Waals surface area contributed by atoms with Crippen LogP contribution in [0.4, 0.5) is 0 Å². The molecule has 0 aliphatic heterocycles. The fraction of sp³-hybridized carbons (Fsp3) is 0.889. The number of carbonyl (C=O) groups is 1. The summed E-state index contributed by atoms with van der Waals surface area (Å²) >= 11 is 0. The molecule has 82 valence electrons. The third kappa shape index (κ3) is 3.06. The van der Waals surface area contributed by atoms with E-state index in [4.69, 9.17) is 5.73 Å². The Labute approximate surface area is 87.1 Å². The van der Waals surface area contributed by atoms with Gasteiger partial charge >= 0.3 is 0 Å². The first kappa shape index (κ1) is 11.7. The number of rotatable bonds is 5. The Hall–Kier alpha value is -0.420. The minimum absolute atomic E-state index is 0.0503. The summed E-state index contributed by atoms with van der Waals surface area (Å²) in [6.45, 7) is 0.581. The van der Waals surface area contributed by atoms with Crippen molar-refractivity contribution >= 4 is 16.7 Å². The molecule has 1 unspecified atom stereocenters. The molecular weight excluding hydrogens is 200 g/mol. The summed E-state index contributed by atoms with van der Waals surface area (Å²) in [5.74, 6) is 0.586. The van der Waals surface area contributed by atoms with Gasteiger partial charge in [-0.1, -0.05) is 0 Å². The highest BCUT2D eigenvalue weighted by atomic mass is 32.2. The first-order valence-electron chi connectivity index (χ1n) is 4.92. The molecule has 0 heterocycles. The van der Waals surface area contributed by atoms with Crippen LogP contribution >= 0.6 is 0 Å². The maximum atomic E-state index is 11.5. The van der Waals surface area contributed by atoms with Gasteiger partial charge in [-0.3, -0.25) is 9.00 Å². The van der Waals surface area contributed by atoms with E-state index in [0.29, 0.717) is 12.3 Å². The molecule has 1 amide bonds.